The van der Waals surface area contributed by atoms with E-state index in [-0.39, 0.29) is 11.7 Å². The lowest BCUT2D eigenvalue weighted by Gasteiger charge is -2.41. The van der Waals surface area contributed by atoms with Gasteiger partial charge in [0, 0.05) is 18.2 Å². The van der Waals surface area contributed by atoms with Crippen molar-refractivity contribution in [2.24, 2.45) is 0 Å². The number of imide groups is 1. The van der Waals surface area contributed by atoms with Crippen LogP contribution in [0.1, 0.15) is 37.4 Å². The quantitative estimate of drug-likeness (QED) is 0.695. The minimum atomic E-state index is -1.28. The van der Waals surface area contributed by atoms with Crippen LogP contribution in [0, 0.1) is 11.3 Å². The van der Waals surface area contributed by atoms with Crippen molar-refractivity contribution in [1.82, 2.24) is 4.90 Å². The molecule has 5 heteroatoms. The second-order valence-electron chi connectivity index (χ2n) is 6.09. The highest BCUT2D eigenvalue weighted by atomic mass is 16.2. The Bertz CT molecular complexity index is 1050. The van der Waals surface area contributed by atoms with Crippen molar-refractivity contribution in [2.45, 2.75) is 5.41 Å². The molecule has 25 heavy (non-hydrogen) atoms. The van der Waals surface area contributed by atoms with Crippen molar-refractivity contribution in [1.29, 1.82) is 5.26 Å². The summed E-state index contributed by atoms with van der Waals surface area (Å²) in [6, 6.07) is 13.6. The maximum absolute atomic E-state index is 13.2. The highest BCUT2D eigenvalue weighted by Crippen LogP contribution is 2.44. The number of carbonyl (C=O) groups excluding carboxylic acids is 3. The van der Waals surface area contributed by atoms with Crippen LogP contribution in [0.3, 0.4) is 0 Å². The van der Waals surface area contributed by atoms with Crippen LogP contribution in [0.5, 0.6) is 0 Å². The third kappa shape index (κ3) is 1.79. The first-order chi connectivity index (χ1) is 12.0. The van der Waals surface area contributed by atoms with Gasteiger partial charge in [0.2, 0.25) is 5.91 Å². The molecular formula is C20H12N2O3. The topological polar surface area (TPSA) is 78.2 Å². The van der Waals surface area contributed by atoms with Gasteiger partial charge in [0.15, 0.2) is 5.78 Å². The molecule has 1 aliphatic heterocycles. The summed E-state index contributed by atoms with van der Waals surface area (Å²) in [5.41, 5.74) is 0.824. The molecule has 0 bridgehead atoms. The van der Waals surface area contributed by atoms with E-state index in [1.807, 2.05) is 6.07 Å². The minimum absolute atomic E-state index is 0.227. The predicted molar refractivity (Wildman–Crippen MR) is 89.0 cm³/mol. The van der Waals surface area contributed by atoms with Crippen LogP contribution in [0.2, 0.25) is 0 Å². The van der Waals surface area contributed by atoms with Gasteiger partial charge in [0.25, 0.3) is 5.91 Å². The van der Waals surface area contributed by atoms with E-state index in [2.05, 4.69) is 0 Å². The Morgan fingerprint density at radius 1 is 1.00 bits per heavy atom. The molecule has 1 atom stereocenters. The number of nitrogens with zero attached hydrogens (tertiary/aromatic N) is 2. The molecule has 0 fully saturated rings. The van der Waals surface area contributed by atoms with Crippen LogP contribution in [0.4, 0.5) is 0 Å². The number of nitriles is 1. The number of ketones is 1. The van der Waals surface area contributed by atoms with Gasteiger partial charge in [0.1, 0.15) is 5.41 Å². The van der Waals surface area contributed by atoms with E-state index < -0.39 is 11.3 Å². The molecule has 5 nitrogen and oxygen atoms in total. The van der Waals surface area contributed by atoms with E-state index in [1.54, 1.807) is 48.5 Å². The van der Waals surface area contributed by atoms with Crippen molar-refractivity contribution in [2.75, 3.05) is 7.05 Å². The van der Waals surface area contributed by atoms with E-state index in [4.69, 9.17) is 0 Å². The molecule has 1 aliphatic carbocycles. The fourth-order valence-electron chi connectivity index (χ4n) is 3.62. The monoisotopic (exact) mass is 328 g/mol. The molecule has 1 unspecified atom stereocenters. The molecule has 0 saturated carbocycles. The molecule has 120 valence electrons. The Morgan fingerprint density at radius 2 is 1.76 bits per heavy atom. The highest BCUT2D eigenvalue weighted by molar-refractivity contribution is 6.19. The summed E-state index contributed by atoms with van der Waals surface area (Å²) in [5.74, 6) is -1.04. The maximum atomic E-state index is 13.2. The number of hydrogen-bond acceptors (Lipinski definition) is 4. The lowest BCUT2D eigenvalue weighted by atomic mass is 9.65. The van der Waals surface area contributed by atoms with E-state index in [1.165, 1.54) is 13.1 Å². The number of carbonyl (C=O) groups is 3. The summed E-state index contributed by atoms with van der Waals surface area (Å²) >= 11 is 0. The molecule has 0 saturated heterocycles. The second-order valence-corrected chi connectivity index (χ2v) is 6.09. The van der Waals surface area contributed by atoms with Crippen molar-refractivity contribution in [3.63, 3.8) is 0 Å². The van der Waals surface area contributed by atoms with Crippen LogP contribution >= 0.6 is 0 Å². The minimum Gasteiger partial charge on any atom is -0.289 e. The summed E-state index contributed by atoms with van der Waals surface area (Å²) in [5, 5.41) is 9.24. The average molecular weight is 328 g/mol. The summed E-state index contributed by atoms with van der Waals surface area (Å²) < 4.78 is 0. The Morgan fingerprint density at radius 3 is 2.52 bits per heavy atom. The second kappa shape index (κ2) is 4.99. The molecule has 0 aromatic heterocycles. The standard InChI is InChI=1S/C20H12N2O3/c1-22-18(24)14-4-2-3-5-15(14)20(19(22)25)9-8-17(23)13-7-6-12(11-21)10-16(13)20/h2-10H,1H3. The molecular weight excluding hydrogens is 316 g/mol. The van der Waals surface area contributed by atoms with Gasteiger partial charge < -0.3 is 0 Å². The lowest BCUT2D eigenvalue weighted by molar-refractivity contribution is -0.131. The molecule has 2 amide bonds. The number of hydrogen-bond donors (Lipinski definition) is 0. The highest BCUT2D eigenvalue weighted by Gasteiger charge is 2.51. The SMILES string of the molecule is CN1C(=O)c2ccccc2C2(C=CC(=O)c3ccc(C#N)cc32)C1=O. The Hall–Kier alpha value is -3.52. The van der Waals surface area contributed by atoms with Crippen molar-refractivity contribution in [3.8, 4) is 6.07 Å². The average Bonchev–Trinajstić information content (AvgIpc) is 2.66. The smallest absolute Gasteiger partial charge is 0.260 e. The molecule has 2 aliphatic rings. The van der Waals surface area contributed by atoms with Crippen LogP contribution in [-0.4, -0.2) is 29.5 Å². The van der Waals surface area contributed by atoms with Gasteiger partial charge >= 0.3 is 0 Å². The third-order valence-corrected chi connectivity index (χ3v) is 4.85. The van der Waals surface area contributed by atoms with Gasteiger partial charge in [-0.3, -0.25) is 19.3 Å². The number of likely N-dealkylation sites (N-methyl/N-ethyl adjacent to an activating group) is 1. The predicted octanol–water partition coefficient (Wildman–Crippen LogP) is 2.21. The van der Waals surface area contributed by atoms with Gasteiger partial charge in [-0.1, -0.05) is 24.3 Å². The van der Waals surface area contributed by atoms with Gasteiger partial charge in [-0.25, -0.2) is 0 Å². The molecule has 2 aromatic rings. The first-order valence-corrected chi connectivity index (χ1v) is 7.71. The first kappa shape index (κ1) is 15.0. The zero-order valence-corrected chi connectivity index (χ0v) is 13.3. The fraction of sp³-hybridized carbons (Fsp3) is 0.100. The Balaban J connectivity index is 2.15. The number of benzene rings is 2. The fourth-order valence-corrected chi connectivity index (χ4v) is 3.62. The van der Waals surface area contributed by atoms with E-state index in [0.717, 1.165) is 4.90 Å². The molecule has 1 heterocycles. The summed E-state index contributed by atoms with van der Waals surface area (Å²) in [6.45, 7) is 0. The molecule has 0 radical (unpaired) electrons. The maximum Gasteiger partial charge on any atom is 0.260 e. The number of amides is 2. The van der Waals surface area contributed by atoms with E-state index >= 15 is 0 Å². The summed E-state index contributed by atoms with van der Waals surface area (Å²) in [7, 11) is 1.43. The van der Waals surface area contributed by atoms with Crippen molar-refractivity contribution < 1.29 is 14.4 Å². The molecule has 0 N–H and O–H groups in total. The number of fused-ring (bicyclic) bond motifs is 4. The van der Waals surface area contributed by atoms with Crippen molar-refractivity contribution >= 4 is 17.6 Å². The molecule has 2 aromatic carbocycles. The lowest BCUT2D eigenvalue weighted by Crippen LogP contribution is -2.53. The van der Waals surface area contributed by atoms with Crippen LogP contribution in [0.15, 0.2) is 54.6 Å². The third-order valence-electron chi connectivity index (χ3n) is 4.85. The van der Waals surface area contributed by atoms with Crippen LogP contribution < -0.4 is 0 Å². The van der Waals surface area contributed by atoms with Gasteiger partial charge in [-0.15, -0.1) is 0 Å². The normalized spacial score (nSPS) is 21.1. The summed E-state index contributed by atoms with van der Waals surface area (Å²) in [4.78, 5) is 39.1. The largest absolute Gasteiger partial charge is 0.289 e. The van der Waals surface area contributed by atoms with E-state index in [0.29, 0.717) is 27.8 Å². The van der Waals surface area contributed by atoms with Gasteiger partial charge in [-0.2, -0.15) is 5.26 Å². The van der Waals surface area contributed by atoms with Crippen LogP contribution in [0.25, 0.3) is 0 Å². The Kier molecular flexibility index (Phi) is 3.00. The number of rotatable bonds is 0. The van der Waals surface area contributed by atoms with Crippen molar-refractivity contribution in [3.05, 3.63) is 82.4 Å². The van der Waals surface area contributed by atoms with Gasteiger partial charge in [-0.05, 0) is 41.5 Å². The van der Waals surface area contributed by atoms with Crippen LogP contribution in [-0.2, 0) is 10.2 Å². The van der Waals surface area contributed by atoms with E-state index in [9.17, 15) is 19.6 Å². The molecule has 4 rings (SSSR count). The first-order valence-electron chi connectivity index (χ1n) is 7.71. The molecule has 1 spiro atoms. The summed E-state index contributed by atoms with van der Waals surface area (Å²) in [6.07, 6.45) is 2.91. The zero-order chi connectivity index (χ0) is 17.8. The Labute approximate surface area is 143 Å². The van der Waals surface area contributed by atoms with Gasteiger partial charge in [0.05, 0.1) is 11.6 Å². The number of allylic oxidation sites excluding steroid dienone is 1. The zero-order valence-electron chi connectivity index (χ0n) is 13.3.